The smallest absolute Gasteiger partial charge is 0.307 e. The van der Waals surface area contributed by atoms with Gasteiger partial charge < -0.3 is 10.5 Å². The molecule has 0 spiro atoms. The molecule has 0 radical (unpaired) electrons. The summed E-state index contributed by atoms with van der Waals surface area (Å²) in [5.74, 6) is -0.710. The molecule has 1 atom stereocenters. The summed E-state index contributed by atoms with van der Waals surface area (Å²) in [7, 11) is 0. The van der Waals surface area contributed by atoms with Gasteiger partial charge in [0.15, 0.2) is 0 Å². The predicted molar refractivity (Wildman–Crippen MR) is 59.3 cm³/mol. The lowest BCUT2D eigenvalue weighted by Crippen LogP contribution is -2.18. The summed E-state index contributed by atoms with van der Waals surface area (Å²) in [6.45, 7) is 3.89. The highest BCUT2D eigenvalue weighted by atomic mass is 19.1. The Morgan fingerprint density at radius 1 is 1.56 bits per heavy atom. The molecule has 0 heterocycles. The van der Waals surface area contributed by atoms with Gasteiger partial charge in [-0.2, -0.15) is 0 Å². The molecule has 0 fully saturated rings. The second-order valence-corrected chi connectivity index (χ2v) is 3.62. The molecule has 0 amide bonds. The van der Waals surface area contributed by atoms with Crippen LogP contribution in [0.4, 0.5) is 4.39 Å². The van der Waals surface area contributed by atoms with Crippen LogP contribution in [0.1, 0.15) is 30.5 Å². The molecule has 0 saturated heterocycles. The van der Waals surface area contributed by atoms with Crippen LogP contribution in [0, 0.1) is 12.7 Å². The third-order valence-corrected chi connectivity index (χ3v) is 2.33. The maximum Gasteiger partial charge on any atom is 0.307 e. The van der Waals surface area contributed by atoms with E-state index in [0.717, 1.165) is 5.56 Å². The molecule has 0 bridgehead atoms. The zero-order valence-corrected chi connectivity index (χ0v) is 9.50. The molecule has 0 aromatic heterocycles. The first-order valence-electron chi connectivity index (χ1n) is 5.21. The highest BCUT2D eigenvalue weighted by Gasteiger charge is 2.14. The molecule has 3 nitrogen and oxygen atoms in total. The molecule has 0 aliphatic heterocycles. The average molecular weight is 225 g/mol. The Bertz CT molecular complexity index is 379. The van der Waals surface area contributed by atoms with Gasteiger partial charge in [-0.05, 0) is 37.1 Å². The summed E-state index contributed by atoms with van der Waals surface area (Å²) in [6.07, 6.45) is 0.0676. The molecular formula is C12H16FNO2. The number of halogens is 1. The highest BCUT2D eigenvalue weighted by molar-refractivity contribution is 5.70. The van der Waals surface area contributed by atoms with Crippen molar-refractivity contribution in [3.05, 3.63) is 35.1 Å². The number of carbonyl (C=O) groups excluding carboxylic acids is 1. The number of esters is 1. The van der Waals surface area contributed by atoms with E-state index in [1.165, 1.54) is 12.1 Å². The summed E-state index contributed by atoms with van der Waals surface area (Å²) >= 11 is 0. The molecule has 4 heteroatoms. The van der Waals surface area contributed by atoms with Crippen molar-refractivity contribution in [3.8, 4) is 0 Å². The maximum atomic E-state index is 13.0. The van der Waals surface area contributed by atoms with Gasteiger partial charge in [-0.1, -0.05) is 6.07 Å². The van der Waals surface area contributed by atoms with E-state index < -0.39 is 6.04 Å². The van der Waals surface area contributed by atoms with E-state index in [0.29, 0.717) is 12.2 Å². The van der Waals surface area contributed by atoms with E-state index in [4.69, 9.17) is 10.5 Å². The number of nitrogens with two attached hydrogens (primary N) is 1. The summed E-state index contributed by atoms with van der Waals surface area (Å²) in [4.78, 5) is 11.2. The van der Waals surface area contributed by atoms with Gasteiger partial charge in [0, 0.05) is 6.04 Å². The number of aryl methyl sites for hydroxylation is 1. The van der Waals surface area contributed by atoms with Crippen molar-refractivity contribution in [2.24, 2.45) is 5.73 Å². The normalized spacial score (nSPS) is 12.2. The first-order valence-corrected chi connectivity index (χ1v) is 5.21. The summed E-state index contributed by atoms with van der Waals surface area (Å²) < 4.78 is 17.8. The standard InChI is InChI=1S/C12H16FNO2/c1-3-16-12(15)7-11(14)10-6-9(13)5-4-8(10)2/h4-6,11H,3,7,14H2,1-2H3/t11-/m1/s1. The molecular weight excluding hydrogens is 209 g/mol. The van der Waals surface area contributed by atoms with Crippen LogP contribution >= 0.6 is 0 Å². The van der Waals surface area contributed by atoms with Gasteiger partial charge in [-0.15, -0.1) is 0 Å². The first-order chi connectivity index (χ1) is 7.54. The minimum absolute atomic E-state index is 0.0676. The molecule has 0 saturated carbocycles. The van der Waals surface area contributed by atoms with Gasteiger partial charge >= 0.3 is 5.97 Å². The van der Waals surface area contributed by atoms with Crippen molar-refractivity contribution in [2.45, 2.75) is 26.3 Å². The Kier molecular flexibility index (Phi) is 4.43. The fourth-order valence-corrected chi connectivity index (χ4v) is 1.52. The van der Waals surface area contributed by atoms with Crippen LogP contribution in [0.3, 0.4) is 0 Å². The van der Waals surface area contributed by atoms with Crippen molar-refractivity contribution in [3.63, 3.8) is 0 Å². The molecule has 1 aromatic carbocycles. The molecule has 2 N–H and O–H groups in total. The summed E-state index contributed by atoms with van der Waals surface area (Å²) in [5, 5.41) is 0. The molecule has 0 unspecified atom stereocenters. The van der Waals surface area contributed by atoms with Crippen molar-refractivity contribution in [2.75, 3.05) is 6.61 Å². The van der Waals surface area contributed by atoms with Crippen molar-refractivity contribution < 1.29 is 13.9 Å². The fraction of sp³-hybridized carbons (Fsp3) is 0.417. The highest BCUT2D eigenvalue weighted by Crippen LogP contribution is 2.20. The topological polar surface area (TPSA) is 52.3 Å². The number of ether oxygens (including phenoxy) is 1. The zero-order valence-electron chi connectivity index (χ0n) is 9.50. The van der Waals surface area contributed by atoms with Crippen LogP contribution in [0.15, 0.2) is 18.2 Å². The minimum Gasteiger partial charge on any atom is -0.466 e. The third kappa shape index (κ3) is 3.31. The quantitative estimate of drug-likeness (QED) is 0.798. The lowest BCUT2D eigenvalue weighted by molar-refractivity contribution is -0.143. The molecule has 88 valence electrons. The summed E-state index contributed by atoms with van der Waals surface area (Å²) in [5.41, 5.74) is 7.35. The Morgan fingerprint density at radius 3 is 2.88 bits per heavy atom. The maximum absolute atomic E-state index is 13.0. The van der Waals surface area contributed by atoms with Gasteiger partial charge in [-0.3, -0.25) is 4.79 Å². The molecule has 0 aliphatic rings. The van der Waals surface area contributed by atoms with E-state index in [2.05, 4.69) is 0 Å². The van der Waals surface area contributed by atoms with Crippen LogP contribution in [0.25, 0.3) is 0 Å². The number of hydrogen-bond acceptors (Lipinski definition) is 3. The summed E-state index contributed by atoms with van der Waals surface area (Å²) in [6, 6.07) is 3.86. The lowest BCUT2D eigenvalue weighted by Gasteiger charge is -2.13. The molecule has 16 heavy (non-hydrogen) atoms. The third-order valence-electron chi connectivity index (χ3n) is 2.33. The number of rotatable bonds is 4. The van der Waals surface area contributed by atoms with Gasteiger partial charge in [0.25, 0.3) is 0 Å². The van der Waals surface area contributed by atoms with Crippen LogP contribution in [-0.4, -0.2) is 12.6 Å². The van der Waals surface area contributed by atoms with Crippen LogP contribution in [0.2, 0.25) is 0 Å². The monoisotopic (exact) mass is 225 g/mol. The predicted octanol–water partition coefficient (Wildman–Crippen LogP) is 2.09. The van der Waals surface area contributed by atoms with Gasteiger partial charge in [0.2, 0.25) is 0 Å². The molecule has 0 aliphatic carbocycles. The fourth-order valence-electron chi connectivity index (χ4n) is 1.52. The van der Waals surface area contributed by atoms with Gasteiger partial charge in [-0.25, -0.2) is 4.39 Å². The average Bonchev–Trinajstić information content (AvgIpc) is 2.21. The van der Waals surface area contributed by atoms with Gasteiger partial charge in [0.05, 0.1) is 13.0 Å². The van der Waals surface area contributed by atoms with Crippen LogP contribution in [0.5, 0.6) is 0 Å². The lowest BCUT2D eigenvalue weighted by atomic mass is 9.99. The second-order valence-electron chi connectivity index (χ2n) is 3.62. The van der Waals surface area contributed by atoms with E-state index in [9.17, 15) is 9.18 Å². The zero-order chi connectivity index (χ0) is 12.1. The Hall–Kier alpha value is -1.42. The van der Waals surface area contributed by atoms with E-state index in [1.807, 2.05) is 6.92 Å². The van der Waals surface area contributed by atoms with Crippen molar-refractivity contribution >= 4 is 5.97 Å². The second kappa shape index (κ2) is 5.61. The Balaban J connectivity index is 2.76. The van der Waals surface area contributed by atoms with Crippen molar-refractivity contribution in [1.82, 2.24) is 0 Å². The Morgan fingerprint density at radius 2 is 2.25 bits per heavy atom. The number of carbonyl (C=O) groups is 1. The minimum atomic E-state index is -0.519. The Labute approximate surface area is 94.4 Å². The molecule has 1 aromatic rings. The van der Waals surface area contributed by atoms with Crippen molar-refractivity contribution in [1.29, 1.82) is 0 Å². The van der Waals surface area contributed by atoms with Crippen LogP contribution < -0.4 is 5.73 Å². The van der Waals surface area contributed by atoms with E-state index in [-0.39, 0.29) is 18.2 Å². The SMILES string of the molecule is CCOC(=O)C[C@@H](N)c1cc(F)ccc1C. The molecule has 1 rings (SSSR count). The first kappa shape index (κ1) is 12.6. The van der Waals surface area contributed by atoms with E-state index >= 15 is 0 Å². The number of hydrogen-bond donors (Lipinski definition) is 1. The largest absolute Gasteiger partial charge is 0.466 e. The van der Waals surface area contributed by atoms with Gasteiger partial charge in [0.1, 0.15) is 5.82 Å². The van der Waals surface area contributed by atoms with E-state index in [1.54, 1.807) is 13.0 Å². The van der Waals surface area contributed by atoms with Crippen LogP contribution in [-0.2, 0) is 9.53 Å². The number of benzene rings is 1.